The summed E-state index contributed by atoms with van der Waals surface area (Å²) in [4.78, 5) is 32.1. The molecule has 0 aliphatic heterocycles. The van der Waals surface area contributed by atoms with E-state index in [1.807, 2.05) is 0 Å². The highest BCUT2D eigenvalue weighted by molar-refractivity contribution is 8.76. The highest BCUT2D eigenvalue weighted by Gasteiger charge is 2.29. The van der Waals surface area contributed by atoms with Crippen molar-refractivity contribution in [3.05, 3.63) is 20.9 Å². The minimum atomic E-state index is -0.913. The summed E-state index contributed by atoms with van der Waals surface area (Å²) in [6, 6.07) is -1.83. The average Bonchev–Trinajstić information content (AvgIpc) is 2.75. The number of imide groups is 1. The molecule has 0 aliphatic rings. The van der Waals surface area contributed by atoms with Crippen molar-refractivity contribution < 1.29 is 9.59 Å². The van der Waals surface area contributed by atoms with Crippen LogP contribution in [0.15, 0.2) is 10.2 Å². The Balaban J connectivity index is 4.93. The molecular weight excluding hydrogens is 456 g/mol. The fourth-order valence-corrected chi connectivity index (χ4v) is 4.42. The third-order valence-electron chi connectivity index (χ3n) is 4.28. The molecule has 2 amide bonds. The zero-order valence-electron chi connectivity index (χ0n) is 18.0. The van der Waals surface area contributed by atoms with Gasteiger partial charge in [0.1, 0.15) is 0 Å². The van der Waals surface area contributed by atoms with Crippen LogP contribution in [0.3, 0.4) is 0 Å². The lowest BCUT2D eigenvalue weighted by atomic mass is 10.1. The van der Waals surface area contributed by atoms with Crippen molar-refractivity contribution in [2.24, 2.45) is 38.9 Å². The van der Waals surface area contributed by atoms with Gasteiger partial charge in [-0.1, -0.05) is 31.8 Å². The first-order valence-corrected chi connectivity index (χ1v) is 12.7. The van der Waals surface area contributed by atoms with Crippen LogP contribution in [0, 0.1) is 0 Å². The molecular formula is C16H34N12O2S2. The largest absolute Gasteiger partial charge is 0.330 e. The Morgan fingerprint density at radius 3 is 1.66 bits per heavy atom. The number of carbonyl (C=O) groups is 2. The molecule has 0 aromatic heterocycles. The van der Waals surface area contributed by atoms with E-state index in [0.717, 1.165) is 10.7 Å². The fourth-order valence-electron chi connectivity index (χ4n) is 2.61. The summed E-state index contributed by atoms with van der Waals surface area (Å²) >= 11 is 0. The molecule has 32 heavy (non-hydrogen) atoms. The Morgan fingerprint density at radius 2 is 1.25 bits per heavy atom. The van der Waals surface area contributed by atoms with E-state index >= 15 is 0 Å². The van der Waals surface area contributed by atoms with Crippen LogP contribution in [-0.4, -0.2) is 65.7 Å². The number of hydrogen-bond acceptors (Lipinski definition) is 11. The molecule has 0 fully saturated rings. The van der Waals surface area contributed by atoms with Crippen molar-refractivity contribution in [2.45, 2.75) is 62.9 Å². The van der Waals surface area contributed by atoms with E-state index in [2.05, 4.69) is 20.1 Å². The first-order valence-electron chi connectivity index (χ1n) is 10.2. The van der Waals surface area contributed by atoms with E-state index in [-0.39, 0.29) is 19.4 Å². The SMILES string of the molecule is [N-]=[N+]=NC(N)CCC[C@H](N)C(=O)N(CCSSCCN)C(=O)[C@@H](N)CCCC(N)N=[N+]=[N-]. The van der Waals surface area contributed by atoms with Crippen LogP contribution in [0.5, 0.6) is 0 Å². The molecule has 0 rings (SSSR count). The molecule has 0 aromatic rings. The van der Waals surface area contributed by atoms with Gasteiger partial charge in [-0.15, -0.1) is 0 Å². The van der Waals surface area contributed by atoms with Crippen LogP contribution < -0.4 is 28.7 Å². The lowest BCUT2D eigenvalue weighted by Gasteiger charge is -2.26. The molecule has 0 radical (unpaired) electrons. The maximum atomic E-state index is 12.9. The molecule has 0 spiro atoms. The van der Waals surface area contributed by atoms with Gasteiger partial charge in [0.2, 0.25) is 11.8 Å². The smallest absolute Gasteiger partial charge is 0.246 e. The van der Waals surface area contributed by atoms with Crippen molar-refractivity contribution in [1.29, 1.82) is 0 Å². The van der Waals surface area contributed by atoms with Crippen LogP contribution in [0.2, 0.25) is 0 Å². The fraction of sp³-hybridized carbons (Fsp3) is 0.875. The molecule has 182 valence electrons. The minimum absolute atomic E-state index is 0.164. The summed E-state index contributed by atoms with van der Waals surface area (Å²) in [6.45, 7) is 0.697. The zero-order chi connectivity index (χ0) is 24.4. The molecule has 4 atom stereocenters. The molecule has 0 saturated heterocycles. The second-order valence-corrected chi connectivity index (χ2v) is 9.58. The highest BCUT2D eigenvalue weighted by Crippen LogP contribution is 2.20. The van der Waals surface area contributed by atoms with Crippen molar-refractivity contribution in [1.82, 2.24) is 4.90 Å². The minimum Gasteiger partial charge on any atom is -0.330 e. The highest BCUT2D eigenvalue weighted by atomic mass is 33.1. The Morgan fingerprint density at radius 1 is 0.812 bits per heavy atom. The number of nitrogens with two attached hydrogens (primary N) is 5. The van der Waals surface area contributed by atoms with Gasteiger partial charge < -0.3 is 28.7 Å². The van der Waals surface area contributed by atoms with Gasteiger partial charge in [0.15, 0.2) is 0 Å². The third-order valence-corrected chi connectivity index (χ3v) is 6.70. The van der Waals surface area contributed by atoms with Gasteiger partial charge in [-0.25, -0.2) is 0 Å². The van der Waals surface area contributed by atoms with E-state index in [4.69, 9.17) is 39.7 Å². The number of amides is 2. The molecule has 0 aliphatic carbocycles. The molecule has 0 heterocycles. The summed E-state index contributed by atoms with van der Waals surface area (Å²) < 4.78 is 0. The van der Waals surface area contributed by atoms with E-state index in [1.54, 1.807) is 10.8 Å². The third kappa shape index (κ3) is 13.6. The number of hydrogen-bond donors (Lipinski definition) is 5. The maximum Gasteiger partial charge on any atom is 0.246 e. The Labute approximate surface area is 195 Å². The predicted octanol–water partition coefficient (Wildman–Crippen LogP) is 0.867. The van der Waals surface area contributed by atoms with E-state index in [1.165, 1.54) is 10.8 Å². The monoisotopic (exact) mass is 490 g/mol. The summed E-state index contributed by atoms with van der Waals surface area (Å²) in [5, 5.41) is 6.74. The average molecular weight is 491 g/mol. The van der Waals surface area contributed by atoms with E-state index < -0.39 is 36.2 Å². The normalized spacial score (nSPS) is 14.4. The number of nitrogens with zero attached hydrogens (tertiary/aromatic N) is 7. The second-order valence-electron chi connectivity index (χ2n) is 6.88. The lowest BCUT2D eigenvalue weighted by Crippen LogP contribution is -2.53. The van der Waals surface area contributed by atoms with Crippen LogP contribution in [0.1, 0.15) is 38.5 Å². The van der Waals surface area contributed by atoms with Crippen molar-refractivity contribution in [3.63, 3.8) is 0 Å². The second kappa shape index (κ2) is 18.8. The number of carbonyl (C=O) groups excluding carboxylic acids is 2. The van der Waals surface area contributed by atoms with Crippen molar-refractivity contribution in [2.75, 3.05) is 24.6 Å². The first-order chi connectivity index (χ1) is 15.3. The van der Waals surface area contributed by atoms with E-state index in [0.29, 0.717) is 38.0 Å². The van der Waals surface area contributed by atoms with Gasteiger partial charge in [0.05, 0.1) is 24.4 Å². The van der Waals surface area contributed by atoms with Crippen LogP contribution in [0.4, 0.5) is 0 Å². The zero-order valence-corrected chi connectivity index (χ0v) is 19.7. The van der Waals surface area contributed by atoms with E-state index in [9.17, 15) is 9.59 Å². The molecule has 0 bridgehead atoms. The van der Waals surface area contributed by atoms with Gasteiger partial charge in [-0.05, 0) is 49.6 Å². The summed E-state index contributed by atoms with van der Waals surface area (Å²) in [7, 11) is 3.05. The summed E-state index contributed by atoms with van der Waals surface area (Å²) in [6.07, 6.45) is 0.831. The lowest BCUT2D eigenvalue weighted by molar-refractivity contribution is -0.146. The first kappa shape index (κ1) is 30.3. The Hall–Kier alpha value is -1.74. The van der Waals surface area contributed by atoms with Crippen LogP contribution >= 0.6 is 21.6 Å². The summed E-state index contributed by atoms with van der Waals surface area (Å²) in [5.41, 5.74) is 45.5. The van der Waals surface area contributed by atoms with Crippen molar-refractivity contribution in [3.8, 4) is 0 Å². The topological polar surface area (TPSA) is 265 Å². The molecule has 16 heteroatoms. The van der Waals surface area contributed by atoms with Gasteiger partial charge >= 0.3 is 0 Å². The van der Waals surface area contributed by atoms with Crippen LogP contribution in [-0.2, 0) is 9.59 Å². The Kier molecular flexibility index (Phi) is 17.8. The molecule has 0 aromatic carbocycles. The van der Waals surface area contributed by atoms with Gasteiger partial charge in [-0.2, -0.15) is 0 Å². The van der Waals surface area contributed by atoms with Gasteiger partial charge in [-0.3, -0.25) is 14.5 Å². The maximum absolute atomic E-state index is 12.9. The standard InChI is InChI=1S/C16H34N12O2S2/c17-7-9-31-32-10-8-28(15(29)11(18)3-1-5-13(20)24-26-22)16(30)12(19)4-2-6-14(21)25-27-23/h11-14H,1-10,17-21H2/t11-,12-,13?,14?/m0/s1. The Bertz CT molecular complexity index is 609. The number of azide groups is 2. The van der Waals surface area contributed by atoms with Gasteiger partial charge in [0, 0.05) is 34.4 Å². The summed E-state index contributed by atoms with van der Waals surface area (Å²) in [5.74, 6) is 0.226. The molecule has 2 unspecified atom stereocenters. The van der Waals surface area contributed by atoms with Crippen molar-refractivity contribution >= 4 is 33.4 Å². The quantitative estimate of drug-likeness (QED) is 0.0598. The number of rotatable bonds is 18. The molecule has 14 nitrogen and oxygen atoms in total. The molecule has 0 saturated carbocycles. The van der Waals surface area contributed by atoms with Crippen LogP contribution in [0.25, 0.3) is 20.9 Å². The molecule has 10 N–H and O–H groups in total. The van der Waals surface area contributed by atoms with Gasteiger partial charge in [0.25, 0.3) is 0 Å². The predicted molar refractivity (Wildman–Crippen MR) is 129 cm³/mol.